The zero-order valence-corrected chi connectivity index (χ0v) is 9.75. The first-order valence-corrected chi connectivity index (χ1v) is 5.69. The first-order valence-electron chi connectivity index (χ1n) is 5.69. The van der Waals surface area contributed by atoms with Crippen molar-refractivity contribution in [2.24, 2.45) is 23.2 Å². The maximum Gasteiger partial charge on any atom is 0.0683 e. The summed E-state index contributed by atoms with van der Waals surface area (Å²) in [6, 6.07) is 0. The molecule has 2 fully saturated rings. The van der Waals surface area contributed by atoms with Crippen molar-refractivity contribution in [2.45, 2.75) is 33.8 Å². The van der Waals surface area contributed by atoms with Crippen molar-refractivity contribution < 1.29 is 9.47 Å². The lowest BCUT2D eigenvalue weighted by atomic mass is 9.69. The van der Waals surface area contributed by atoms with Gasteiger partial charge in [0, 0.05) is 18.4 Å². The lowest BCUT2D eigenvalue weighted by Gasteiger charge is -2.48. The number of hydrogen-bond acceptors (Lipinski definition) is 2. The zero-order chi connectivity index (χ0) is 10.3. The lowest BCUT2D eigenvalue weighted by Crippen LogP contribution is -2.52. The van der Waals surface area contributed by atoms with Crippen molar-refractivity contribution in [1.29, 1.82) is 0 Å². The predicted molar refractivity (Wildman–Crippen MR) is 56.2 cm³/mol. The fourth-order valence-corrected chi connectivity index (χ4v) is 2.56. The summed E-state index contributed by atoms with van der Waals surface area (Å²) >= 11 is 0. The van der Waals surface area contributed by atoms with Gasteiger partial charge in [0.05, 0.1) is 19.3 Å². The largest absolute Gasteiger partial charge is 0.381 e. The number of rotatable bonds is 1. The summed E-state index contributed by atoms with van der Waals surface area (Å²) in [5.41, 5.74) is 0.380. The highest BCUT2D eigenvalue weighted by Gasteiger charge is 2.47. The van der Waals surface area contributed by atoms with Gasteiger partial charge >= 0.3 is 0 Å². The van der Waals surface area contributed by atoms with Gasteiger partial charge in [-0.05, 0) is 11.3 Å². The highest BCUT2D eigenvalue weighted by Crippen LogP contribution is 2.43. The van der Waals surface area contributed by atoms with Gasteiger partial charge in [-0.2, -0.15) is 0 Å². The molecule has 0 radical (unpaired) electrons. The summed E-state index contributed by atoms with van der Waals surface area (Å²) in [6.45, 7) is 12.0. The van der Waals surface area contributed by atoms with E-state index in [0.717, 1.165) is 25.7 Å². The van der Waals surface area contributed by atoms with Crippen LogP contribution in [-0.4, -0.2) is 25.9 Å². The van der Waals surface area contributed by atoms with Crippen LogP contribution in [0.4, 0.5) is 0 Å². The van der Waals surface area contributed by atoms with Crippen LogP contribution in [0.1, 0.15) is 27.7 Å². The van der Waals surface area contributed by atoms with E-state index in [1.165, 1.54) is 0 Å². The number of ether oxygens (including phenoxy) is 2. The van der Waals surface area contributed by atoms with Crippen molar-refractivity contribution in [2.75, 3.05) is 19.8 Å². The Morgan fingerprint density at radius 3 is 2.14 bits per heavy atom. The van der Waals surface area contributed by atoms with Gasteiger partial charge in [0.2, 0.25) is 0 Å². The molecule has 2 rings (SSSR count). The Hall–Kier alpha value is -0.0800. The van der Waals surface area contributed by atoms with Crippen LogP contribution in [0.25, 0.3) is 0 Å². The van der Waals surface area contributed by atoms with Gasteiger partial charge in [-0.3, -0.25) is 0 Å². The molecule has 2 saturated heterocycles. The van der Waals surface area contributed by atoms with Crippen LogP contribution in [-0.2, 0) is 9.47 Å². The molecule has 3 unspecified atom stereocenters. The van der Waals surface area contributed by atoms with Crippen LogP contribution in [0, 0.1) is 23.2 Å². The van der Waals surface area contributed by atoms with Gasteiger partial charge in [-0.1, -0.05) is 27.7 Å². The minimum Gasteiger partial charge on any atom is -0.381 e. The summed E-state index contributed by atoms with van der Waals surface area (Å²) in [6.07, 6.45) is 0.451. The standard InChI is InChI=1S/C12H22O2/c1-8-5-13-6-9(8)11-10(7-14-11)12(2,3)4/h8-11H,5-7H2,1-4H3/t8-,9?,10?,11?/m1/s1. The van der Waals surface area contributed by atoms with Crippen LogP contribution in [0.3, 0.4) is 0 Å². The first-order chi connectivity index (χ1) is 6.50. The molecule has 0 spiro atoms. The average molecular weight is 198 g/mol. The molecule has 2 heteroatoms. The molecule has 2 nitrogen and oxygen atoms in total. The van der Waals surface area contributed by atoms with E-state index in [0.29, 0.717) is 23.4 Å². The van der Waals surface area contributed by atoms with Gasteiger partial charge in [-0.25, -0.2) is 0 Å². The third kappa shape index (κ3) is 1.70. The molecule has 4 atom stereocenters. The minimum atomic E-state index is 0.380. The molecule has 0 bridgehead atoms. The normalized spacial score (nSPS) is 43.7. The monoisotopic (exact) mass is 198 g/mol. The topological polar surface area (TPSA) is 18.5 Å². The van der Waals surface area contributed by atoms with Crippen LogP contribution in [0.2, 0.25) is 0 Å². The van der Waals surface area contributed by atoms with Crippen LogP contribution < -0.4 is 0 Å². The van der Waals surface area contributed by atoms with E-state index in [-0.39, 0.29) is 0 Å². The van der Waals surface area contributed by atoms with Gasteiger partial charge in [0.25, 0.3) is 0 Å². The molecule has 14 heavy (non-hydrogen) atoms. The van der Waals surface area contributed by atoms with Gasteiger partial charge in [0.15, 0.2) is 0 Å². The summed E-state index contributed by atoms with van der Waals surface area (Å²) in [7, 11) is 0. The summed E-state index contributed by atoms with van der Waals surface area (Å²) in [5.74, 6) is 2.02. The summed E-state index contributed by atoms with van der Waals surface area (Å²) in [5, 5.41) is 0. The molecular weight excluding hydrogens is 176 g/mol. The van der Waals surface area contributed by atoms with Gasteiger partial charge in [-0.15, -0.1) is 0 Å². The zero-order valence-electron chi connectivity index (χ0n) is 9.75. The Morgan fingerprint density at radius 2 is 1.79 bits per heavy atom. The second-order valence-corrected chi connectivity index (χ2v) is 5.95. The fourth-order valence-electron chi connectivity index (χ4n) is 2.56. The van der Waals surface area contributed by atoms with E-state index in [1.54, 1.807) is 0 Å². The minimum absolute atomic E-state index is 0.380. The van der Waals surface area contributed by atoms with E-state index in [9.17, 15) is 0 Å². The summed E-state index contributed by atoms with van der Waals surface area (Å²) in [4.78, 5) is 0. The van der Waals surface area contributed by atoms with Crippen molar-refractivity contribution in [3.05, 3.63) is 0 Å². The van der Waals surface area contributed by atoms with E-state index in [4.69, 9.17) is 9.47 Å². The quantitative estimate of drug-likeness (QED) is 0.644. The molecule has 0 N–H and O–H groups in total. The maximum absolute atomic E-state index is 5.74. The fraction of sp³-hybridized carbons (Fsp3) is 1.00. The third-order valence-corrected chi connectivity index (χ3v) is 3.82. The average Bonchev–Trinajstić information content (AvgIpc) is 2.30. The highest BCUT2D eigenvalue weighted by molar-refractivity contribution is 4.94. The van der Waals surface area contributed by atoms with E-state index >= 15 is 0 Å². The highest BCUT2D eigenvalue weighted by atomic mass is 16.5. The molecular formula is C12H22O2. The predicted octanol–water partition coefficient (Wildman–Crippen LogP) is 2.33. The molecule has 0 aromatic heterocycles. The second kappa shape index (κ2) is 3.49. The van der Waals surface area contributed by atoms with Crippen LogP contribution in [0.5, 0.6) is 0 Å². The summed E-state index contributed by atoms with van der Waals surface area (Å²) < 4.78 is 11.3. The Balaban J connectivity index is 1.99. The Morgan fingerprint density at radius 1 is 1.07 bits per heavy atom. The molecule has 0 aromatic rings. The smallest absolute Gasteiger partial charge is 0.0683 e. The molecule has 2 heterocycles. The Labute approximate surface area is 87.0 Å². The maximum atomic E-state index is 5.74. The Bertz CT molecular complexity index is 205. The second-order valence-electron chi connectivity index (χ2n) is 5.95. The molecule has 82 valence electrons. The Kier molecular flexibility index (Phi) is 2.61. The lowest BCUT2D eigenvalue weighted by molar-refractivity contribution is -0.184. The van der Waals surface area contributed by atoms with Gasteiger partial charge in [0.1, 0.15) is 0 Å². The van der Waals surface area contributed by atoms with Gasteiger partial charge < -0.3 is 9.47 Å². The molecule has 2 aliphatic heterocycles. The molecule has 0 amide bonds. The van der Waals surface area contributed by atoms with Crippen LogP contribution >= 0.6 is 0 Å². The molecule has 0 saturated carbocycles. The molecule has 0 aromatic carbocycles. The molecule has 2 aliphatic rings. The first kappa shape index (κ1) is 10.4. The van der Waals surface area contributed by atoms with E-state index in [2.05, 4.69) is 27.7 Å². The van der Waals surface area contributed by atoms with Crippen molar-refractivity contribution in [1.82, 2.24) is 0 Å². The SMILES string of the molecule is C[C@@H]1COCC1C1OCC1C(C)(C)C. The van der Waals surface area contributed by atoms with Crippen LogP contribution in [0.15, 0.2) is 0 Å². The van der Waals surface area contributed by atoms with Crippen molar-refractivity contribution in [3.8, 4) is 0 Å². The van der Waals surface area contributed by atoms with E-state index < -0.39 is 0 Å². The molecule has 0 aliphatic carbocycles. The third-order valence-electron chi connectivity index (χ3n) is 3.82. The van der Waals surface area contributed by atoms with E-state index in [1.807, 2.05) is 0 Å². The van der Waals surface area contributed by atoms with Crippen molar-refractivity contribution >= 4 is 0 Å². The van der Waals surface area contributed by atoms with Crippen molar-refractivity contribution in [3.63, 3.8) is 0 Å². The number of hydrogen-bond donors (Lipinski definition) is 0.